The minimum absolute atomic E-state index is 0.410. The summed E-state index contributed by atoms with van der Waals surface area (Å²) in [4.78, 5) is 31.4. The van der Waals surface area contributed by atoms with E-state index in [0.29, 0.717) is 24.5 Å². The molecule has 0 saturated heterocycles. The van der Waals surface area contributed by atoms with Gasteiger partial charge in [0.05, 0.1) is 0 Å². The Labute approximate surface area is 193 Å². The van der Waals surface area contributed by atoms with Gasteiger partial charge in [-0.2, -0.15) is 0 Å². The van der Waals surface area contributed by atoms with E-state index >= 15 is 0 Å². The second-order valence-corrected chi connectivity index (χ2v) is 8.44. The highest BCUT2D eigenvalue weighted by atomic mass is 16.6. The van der Waals surface area contributed by atoms with E-state index in [2.05, 4.69) is 25.9 Å². The first-order chi connectivity index (χ1) is 15.8. The summed E-state index contributed by atoms with van der Waals surface area (Å²) in [6.07, 6.45) is 4.67. The molecular weight excluding hydrogens is 418 g/mol. The predicted octanol–water partition coefficient (Wildman–Crippen LogP) is 5.03. The van der Waals surface area contributed by atoms with Crippen molar-refractivity contribution in [3.05, 3.63) is 66.5 Å². The predicted molar refractivity (Wildman–Crippen MR) is 130 cm³/mol. The van der Waals surface area contributed by atoms with Gasteiger partial charge in [0.15, 0.2) is 0 Å². The van der Waals surface area contributed by atoms with Crippen LogP contribution in [0.2, 0.25) is 0 Å². The molecule has 1 aromatic carbocycles. The van der Waals surface area contributed by atoms with Crippen LogP contribution < -0.4 is 16.0 Å². The van der Waals surface area contributed by atoms with Crippen LogP contribution in [0.25, 0.3) is 11.1 Å². The van der Waals surface area contributed by atoms with E-state index in [4.69, 9.17) is 4.74 Å². The number of hydrogen-bond donors (Lipinski definition) is 3. The lowest BCUT2D eigenvalue weighted by atomic mass is 10.1. The van der Waals surface area contributed by atoms with E-state index in [-0.39, 0.29) is 0 Å². The zero-order valence-corrected chi connectivity index (χ0v) is 19.1. The molecule has 3 N–H and O–H groups in total. The van der Waals surface area contributed by atoms with Crippen LogP contribution in [0.4, 0.5) is 22.1 Å². The van der Waals surface area contributed by atoms with Crippen LogP contribution in [-0.2, 0) is 4.74 Å². The van der Waals surface area contributed by atoms with E-state index in [1.807, 2.05) is 57.2 Å². The maximum absolute atomic E-state index is 11.6. The molecule has 0 aliphatic heterocycles. The normalized spacial score (nSPS) is 10.9. The van der Waals surface area contributed by atoms with Crippen molar-refractivity contribution in [2.45, 2.75) is 32.8 Å². The summed E-state index contributed by atoms with van der Waals surface area (Å²) >= 11 is 0. The summed E-state index contributed by atoms with van der Waals surface area (Å²) in [5.41, 5.74) is 2.83. The maximum Gasteiger partial charge on any atom is 0.407 e. The zero-order chi connectivity index (χ0) is 23.7. The first kappa shape index (κ1) is 23.7. The Morgan fingerprint density at radius 3 is 2.58 bits per heavy atom. The molecular formula is C25H29N5O3. The number of hydrogen-bond acceptors (Lipinski definition) is 7. The minimum Gasteiger partial charge on any atom is -0.444 e. The van der Waals surface area contributed by atoms with Gasteiger partial charge >= 0.3 is 6.09 Å². The van der Waals surface area contributed by atoms with Crippen molar-refractivity contribution in [3.8, 4) is 11.1 Å². The van der Waals surface area contributed by atoms with Gasteiger partial charge in [-0.1, -0.05) is 12.1 Å². The summed E-state index contributed by atoms with van der Waals surface area (Å²) in [5, 5.41) is 9.20. The van der Waals surface area contributed by atoms with Gasteiger partial charge in [-0.15, -0.1) is 0 Å². The fourth-order valence-corrected chi connectivity index (χ4v) is 2.99. The number of ether oxygens (including phenoxy) is 1. The number of aromatic nitrogens is 2. The van der Waals surface area contributed by atoms with Gasteiger partial charge in [-0.25, -0.2) is 14.8 Å². The Hall–Kier alpha value is -3.94. The number of carbonyl (C=O) groups excluding carboxylic acids is 2. The third-order valence-corrected chi connectivity index (χ3v) is 4.48. The van der Waals surface area contributed by atoms with E-state index in [0.717, 1.165) is 35.3 Å². The van der Waals surface area contributed by atoms with Crippen molar-refractivity contribution in [1.29, 1.82) is 0 Å². The summed E-state index contributed by atoms with van der Waals surface area (Å²) in [6.45, 7) is 6.69. The first-order valence-corrected chi connectivity index (χ1v) is 10.8. The number of pyridine rings is 2. The number of nitrogens with one attached hydrogen (secondary N) is 3. The van der Waals surface area contributed by atoms with Gasteiger partial charge in [0.1, 0.15) is 23.5 Å². The molecule has 0 unspecified atom stereocenters. The molecule has 0 spiro atoms. The number of nitrogens with zero attached hydrogens (tertiary/aromatic N) is 2. The molecule has 0 saturated carbocycles. The topological polar surface area (TPSA) is 105 Å². The quantitative estimate of drug-likeness (QED) is 0.312. The number of amides is 1. The lowest BCUT2D eigenvalue weighted by Crippen LogP contribution is -2.33. The molecule has 3 rings (SSSR count). The third kappa shape index (κ3) is 7.92. The third-order valence-electron chi connectivity index (χ3n) is 4.48. The number of anilines is 3. The highest BCUT2D eigenvalue weighted by molar-refractivity contribution is 5.78. The monoisotopic (exact) mass is 447 g/mol. The van der Waals surface area contributed by atoms with Gasteiger partial charge < -0.3 is 20.7 Å². The van der Waals surface area contributed by atoms with Crippen LogP contribution in [-0.4, -0.2) is 41.0 Å². The highest BCUT2D eigenvalue weighted by Crippen LogP contribution is 2.23. The Balaban J connectivity index is 1.50. The standard InChI is InChI=1S/C25H29N5O3/c1-25(2,3)33-24(32)28-12-5-11-26-22-9-8-20(16-29-22)19-10-13-27-23(15-19)30-21-7-4-6-18(14-21)17-31/h4,6-10,13-17H,5,11-12H2,1-3H3,(H,26,29)(H,27,30)(H,28,32). The van der Waals surface area contributed by atoms with Crippen molar-refractivity contribution in [2.75, 3.05) is 23.7 Å². The second-order valence-electron chi connectivity index (χ2n) is 8.44. The molecule has 172 valence electrons. The summed E-state index contributed by atoms with van der Waals surface area (Å²) in [5.74, 6) is 1.43. The van der Waals surface area contributed by atoms with Crippen LogP contribution in [0, 0.1) is 0 Å². The highest BCUT2D eigenvalue weighted by Gasteiger charge is 2.15. The zero-order valence-electron chi connectivity index (χ0n) is 19.1. The summed E-state index contributed by atoms with van der Waals surface area (Å²) in [6, 6.07) is 15.0. The Kier molecular flexibility index (Phi) is 7.96. The fraction of sp³-hybridized carbons (Fsp3) is 0.280. The van der Waals surface area contributed by atoms with Crippen LogP contribution in [0.3, 0.4) is 0 Å². The van der Waals surface area contributed by atoms with Crippen molar-refractivity contribution in [3.63, 3.8) is 0 Å². The average molecular weight is 448 g/mol. The lowest BCUT2D eigenvalue weighted by Gasteiger charge is -2.19. The number of alkyl carbamates (subject to hydrolysis) is 1. The Bertz CT molecular complexity index is 1080. The van der Waals surface area contributed by atoms with E-state index in [1.165, 1.54) is 0 Å². The Morgan fingerprint density at radius 2 is 1.85 bits per heavy atom. The second kappa shape index (κ2) is 11.1. The molecule has 0 radical (unpaired) electrons. The molecule has 0 fully saturated rings. The SMILES string of the molecule is CC(C)(C)OC(=O)NCCCNc1ccc(-c2ccnc(Nc3cccc(C=O)c3)c2)cn1. The molecule has 8 heteroatoms. The van der Waals surface area contributed by atoms with Gasteiger partial charge in [0, 0.05) is 42.3 Å². The maximum atomic E-state index is 11.6. The van der Waals surface area contributed by atoms with Crippen LogP contribution in [0.5, 0.6) is 0 Å². The molecule has 2 aromatic heterocycles. The van der Waals surface area contributed by atoms with Crippen LogP contribution >= 0.6 is 0 Å². The van der Waals surface area contributed by atoms with Gasteiger partial charge in [0.2, 0.25) is 0 Å². The number of benzene rings is 1. The summed E-state index contributed by atoms with van der Waals surface area (Å²) < 4.78 is 5.20. The fourth-order valence-electron chi connectivity index (χ4n) is 2.99. The molecule has 0 aliphatic carbocycles. The number of rotatable bonds is 9. The molecule has 8 nitrogen and oxygen atoms in total. The average Bonchev–Trinajstić information content (AvgIpc) is 2.78. The number of carbonyl (C=O) groups is 2. The molecule has 0 atom stereocenters. The molecule has 1 amide bonds. The van der Waals surface area contributed by atoms with Gasteiger partial charge in [0.25, 0.3) is 0 Å². The Morgan fingerprint density at radius 1 is 1.00 bits per heavy atom. The molecule has 3 aromatic rings. The van der Waals surface area contributed by atoms with Crippen molar-refractivity contribution in [2.24, 2.45) is 0 Å². The summed E-state index contributed by atoms with van der Waals surface area (Å²) in [7, 11) is 0. The van der Waals surface area contributed by atoms with Crippen molar-refractivity contribution >= 4 is 29.7 Å². The van der Waals surface area contributed by atoms with E-state index in [1.54, 1.807) is 24.5 Å². The van der Waals surface area contributed by atoms with Crippen LogP contribution in [0.1, 0.15) is 37.6 Å². The van der Waals surface area contributed by atoms with Gasteiger partial charge in [-0.3, -0.25) is 4.79 Å². The first-order valence-electron chi connectivity index (χ1n) is 10.8. The van der Waals surface area contributed by atoms with E-state index < -0.39 is 11.7 Å². The van der Waals surface area contributed by atoms with Crippen molar-refractivity contribution in [1.82, 2.24) is 15.3 Å². The van der Waals surface area contributed by atoms with Crippen LogP contribution in [0.15, 0.2) is 60.9 Å². The number of aldehydes is 1. The molecule has 33 heavy (non-hydrogen) atoms. The van der Waals surface area contributed by atoms with Gasteiger partial charge in [-0.05, 0) is 69.2 Å². The molecule has 0 aliphatic rings. The minimum atomic E-state index is -0.499. The largest absolute Gasteiger partial charge is 0.444 e. The molecule has 2 heterocycles. The smallest absolute Gasteiger partial charge is 0.407 e. The molecule has 0 bridgehead atoms. The van der Waals surface area contributed by atoms with Crippen molar-refractivity contribution < 1.29 is 14.3 Å². The lowest BCUT2D eigenvalue weighted by molar-refractivity contribution is 0.0527. The van der Waals surface area contributed by atoms with E-state index in [9.17, 15) is 9.59 Å².